The number of rotatable bonds is 1. The molecule has 3 saturated carbocycles. The molecule has 7 aliphatic rings. The average Bonchev–Trinajstić information content (AvgIpc) is 2.95. The fourth-order valence-electron chi connectivity index (χ4n) is 6.02. The molecule has 0 amide bonds. The van der Waals surface area contributed by atoms with Crippen LogP contribution in [0.3, 0.4) is 0 Å². The summed E-state index contributed by atoms with van der Waals surface area (Å²) in [7, 11) is 0. The lowest BCUT2D eigenvalue weighted by molar-refractivity contribution is -0.0357. The first-order chi connectivity index (χ1) is 8.92. The highest BCUT2D eigenvalue weighted by Crippen LogP contribution is 2.66. The molecule has 3 aliphatic heterocycles. The quantitative estimate of drug-likeness (QED) is 0.678. The number of hydrogen-bond acceptors (Lipinski definition) is 1. The molecular formula is C17H21N. The van der Waals surface area contributed by atoms with Crippen molar-refractivity contribution in [1.82, 2.24) is 4.90 Å². The molecule has 4 fully saturated rings. The number of nitrogens with zero attached hydrogens (tertiary/aromatic N) is 1. The largest absolute Gasteiger partial charge is 0.364 e. The molecule has 2 bridgehead atoms. The molecule has 0 spiro atoms. The Balaban J connectivity index is 1.34. The molecule has 18 heavy (non-hydrogen) atoms. The molecule has 3 heterocycles. The second-order valence-electron chi connectivity index (χ2n) is 7.70. The van der Waals surface area contributed by atoms with Gasteiger partial charge < -0.3 is 4.90 Å². The van der Waals surface area contributed by atoms with E-state index in [1.807, 2.05) is 0 Å². The third kappa shape index (κ3) is 0.857. The van der Waals surface area contributed by atoms with Crippen LogP contribution >= 0.6 is 0 Å². The lowest BCUT2D eigenvalue weighted by Gasteiger charge is -2.57. The second-order valence-corrected chi connectivity index (χ2v) is 7.70. The summed E-state index contributed by atoms with van der Waals surface area (Å²) in [6.45, 7) is 0. The van der Waals surface area contributed by atoms with Gasteiger partial charge in [-0.1, -0.05) is 19.3 Å². The smallest absolute Gasteiger partial charge is 0.0399 e. The maximum absolute atomic E-state index is 2.88. The topological polar surface area (TPSA) is 3.24 Å². The normalized spacial score (nSPS) is 54.8. The fourth-order valence-corrected chi connectivity index (χ4v) is 6.02. The van der Waals surface area contributed by atoms with Gasteiger partial charge in [-0.05, 0) is 60.7 Å². The molecule has 94 valence electrons. The van der Waals surface area contributed by atoms with Gasteiger partial charge in [0.05, 0.1) is 0 Å². The Kier molecular flexibility index (Phi) is 1.40. The summed E-state index contributed by atoms with van der Waals surface area (Å²) in [5, 5.41) is 0. The molecule has 0 radical (unpaired) electrons. The lowest BCUT2D eigenvalue weighted by atomic mass is 9.56. The van der Waals surface area contributed by atoms with Crippen LogP contribution in [0, 0.1) is 29.6 Å². The highest BCUT2D eigenvalue weighted by Gasteiger charge is 2.65. The van der Waals surface area contributed by atoms with Gasteiger partial charge in [0.1, 0.15) is 0 Å². The van der Waals surface area contributed by atoms with Crippen molar-refractivity contribution < 1.29 is 0 Å². The maximum Gasteiger partial charge on any atom is 0.0399 e. The summed E-state index contributed by atoms with van der Waals surface area (Å²) in [6, 6.07) is 1.90. The SMILES string of the molecule is C1=C2C=C1N1C3C(CC[C@@H]4C(C5CCC5)CC41)C23. The molecule has 6 atom stereocenters. The molecule has 1 heteroatoms. The van der Waals surface area contributed by atoms with Gasteiger partial charge in [0.25, 0.3) is 0 Å². The first-order valence-electron chi connectivity index (χ1n) is 8.13. The van der Waals surface area contributed by atoms with Crippen molar-refractivity contribution in [2.24, 2.45) is 29.6 Å². The molecule has 0 aromatic rings. The van der Waals surface area contributed by atoms with Gasteiger partial charge in [-0.25, -0.2) is 0 Å². The van der Waals surface area contributed by atoms with Crippen LogP contribution in [0.4, 0.5) is 0 Å². The van der Waals surface area contributed by atoms with E-state index in [0.717, 1.165) is 41.7 Å². The van der Waals surface area contributed by atoms with E-state index in [0.29, 0.717) is 0 Å². The first kappa shape index (κ1) is 9.23. The van der Waals surface area contributed by atoms with Crippen LogP contribution in [0.1, 0.15) is 38.5 Å². The summed E-state index contributed by atoms with van der Waals surface area (Å²) >= 11 is 0. The standard InChI is InChI=1S/C17H21N/c1-2-9(3-1)14-8-15-12(14)4-5-13-16-10-6-11(7-10)18(15)17(13)16/h6-7,9,12-17H,1-5,8H2/t12-,13?,14?,15?,16?,17?/m1/s1. The van der Waals surface area contributed by atoms with Crippen molar-refractivity contribution in [3.63, 3.8) is 0 Å². The summed E-state index contributed by atoms with van der Waals surface area (Å²) in [5.41, 5.74) is 3.31. The van der Waals surface area contributed by atoms with Gasteiger partial charge in [-0.3, -0.25) is 0 Å². The van der Waals surface area contributed by atoms with Crippen molar-refractivity contribution in [2.45, 2.75) is 50.6 Å². The molecule has 1 saturated heterocycles. The molecular weight excluding hydrogens is 218 g/mol. The average molecular weight is 239 g/mol. The van der Waals surface area contributed by atoms with Crippen molar-refractivity contribution >= 4 is 0 Å². The zero-order chi connectivity index (χ0) is 11.4. The Morgan fingerprint density at radius 1 is 0.944 bits per heavy atom. The van der Waals surface area contributed by atoms with Crippen LogP contribution in [-0.4, -0.2) is 17.0 Å². The second kappa shape index (κ2) is 2.73. The Hall–Kier alpha value is -0.720. The van der Waals surface area contributed by atoms with Crippen molar-refractivity contribution in [1.29, 1.82) is 0 Å². The Morgan fingerprint density at radius 3 is 2.56 bits per heavy atom. The van der Waals surface area contributed by atoms with Gasteiger partial charge in [-0.2, -0.15) is 0 Å². The van der Waals surface area contributed by atoms with Gasteiger partial charge >= 0.3 is 0 Å². The minimum absolute atomic E-state index is 0.944. The van der Waals surface area contributed by atoms with Crippen LogP contribution in [-0.2, 0) is 0 Å². The lowest BCUT2D eigenvalue weighted by Crippen LogP contribution is -2.56. The molecule has 0 N–H and O–H groups in total. The van der Waals surface area contributed by atoms with Crippen LogP contribution in [0.5, 0.6) is 0 Å². The first-order valence-corrected chi connectivity index (χ1v) is 8.13. The summed E-state index contributed by atoms with van der Waals surface area (Å²) < 4.78 is 0. The zero-order valence-electron chi connectivity index (χ0n) is 10.9. The van der Waals surface area contributed by atoms with E-state index in [1.165, 1.54) is 19.3 Å². The Bertz CT molecular complexity index is 498. The van der Waals surface area contributed by atoms with E-state index in [9.17, 15) is 0 Å². The predicted molar refractivity (Wildman–Crippen MR) is 70.7 cm³/mol. The van der Waals surface area contributed by atoms with Crippen molar-refractivity contribution in [3.05, 3.63) is 23.4 Å². The highest BCUT2D eigenvalue weighted by atomic mass is 15.3. The van der Waals surface area contributed by atoms with Crippen LogP contribution in [0.15, 0.2) is 23.4 Å². The van der Waals surface area contributed by atoms with E-state index >= 15 is 0 Å². The van der Waals surface area contributed by atoms with E-state index in [-0.39, 0.29) is 0 Å². The predicted octanol–water partition coefficient (Wildman–Crippen LogP) is 3.34. The van der Waals surface area contributed by atoms with E-state index in [2.05, 4.69) is 17.1 Å². The van der Waals surface area contributed by atoms with Crippen molar-refractivity contribution in [2.75, 3.05) is 0 Å². The molecule has 0 aromatic carbocycles. The third-order valence-corrected chi connectivity index (χ3v) is 7.26. The summed E-state index contributed by atoms with van der Waals surface area (Å²) in [6.07, 6.45) is 14.3. The monoisotopic (exact) mass is 239 g/mol. The molecule has 1 nitrogen and oxygen atoms in total. The summed E-state index contributed by atoms with van der Waals surface area (Å²) in [4.78, 5) is 2.88. The van der Waals surface area contributed by atoms with Crippen LogP contribution in [0.2, 0.25) is 0 Å². The minimum atomic E-state index is 0.944. The molecule has 5 unspecified atom stereocenters. The van der Waals surface area contributed by atoms with E-state index in [4.69, 9.17) is 0 Å². The van der Waals surface area contributed by atoms with Gasteiger partial charge in [-0.15, -0.1) is 0 Å². The highest BCUT2D eigenvalue weighted by molar-refractivity contribution is 5.54. The fraction of sp³-hybridized carbons (Fsp3) is 0.765. The van der Waals surface area contributed by atoms with Gasteiger partial charge in [0.2, 0.25) is 0 Å². The van der Waals surface area contributed by atoms with Crippen LogP contribution in [0.25, 0.3) is 0 Å². The Labute approximate surface area is 109 Å². The van der Waals surface area contributed by atoms with E-state index < -0.39 is 0 Å². The molecule has 4 aliphatic carbocycles. The van der Waals surface area contributed by atoms with Gasteiger partial charge in [0, 0.05) is 23.7 Å². The summed E-state index contributed by atoms with van der Waals surface area (Å²) in [5.74, 6) is 5.32. The molecule has 7 rings (SSSR count). The number of hydrogen-bond donors (Lipinski definition) is 0. The zero-order valence-corrected chi connectivity index (χ0v) is 10.9. The maximum atomic E-state index is 2.88. The van der Waals surface area contributed by atoms with Crippen molar-refractivity contribution in [3.8, 4) is 0 Å². The number of fused-ring (bicyclic) bond motifs is 1. The molecule has 0 aromatic heterocycles. The number of allylic oxidation sites excluding steroid dienone is 2. The Morgan fingerprint density at radius 2 is 1.78 bits per heavy atom. The van der Waals surface area contributed by atoms with Crippen LogP contribution < -0.4 is 0 Å². The van der Waals surface area contributed by atoms with Gasteiger partial charge in [0.15, 0.2) is 0 Å². The third-order valence-electron chi connectivity index (χ3n) is 7.26. The minimum Gasteiger partial charge on any atom is -0.364 e. The van der Waals surface area contributed by atoms with E-state index in [1.54, 1.807) is 30.5 Å².